The zero-order valence-electron chi connectivity index (χ0n) is 15.6. The maximum Gasteiger partial charge on any atom is -0.0349 e. The fraction of sp³-hybridized carbons (Fsp3) is 0.895. The summed E-state index contributed by atoms with van der Waals surface area (Å²) in [4.78, 5) is 0. The Morgan fingerprint density at radius 1 is 0.684 bits per heavy atom. The average molecular weight is 275 g/mol. The molecule has 0 unspecified atom stereocenters. The van der Waals surface area contributed by atoms with Gasteiger partial charge in [-0.1, -0.05) is 93.7 Å². The van der Waals surface area contributed by atoms with Gasteiger partial charge < -0.3 is 0 Å². The summed E-state index contributed by atoms with van der Waals surface area (Å²) in [5.41, 5.74) is 3.47. The lowest BCUT2D eigenvalue weighted by molar-refractivity contribution is 0.469. The highest BCUT2D eigenvalue weighted by molar-refractivity contribution is 5.05. The second-order valence-electron chi connectivity index (χ2n) is 6.55. The summed E-state index contributed by atoms with van der Waals surface area (Å²) in [6.07, 6.45) is 3.70. The molecule has 0 aliphatic carbocycles. The Labute approximate surface area is 127 Å². The largest absolute Gasteiger partial charge is 0.0776 e. The van der Waals surface area contributed by atoms with Crippen molar-refractivity contribution in [2.75, 3.05) is 0 Å². The van der Waals surface area contributed by atoms with Crippen molar-refractivity contribution in [1.29, 1.82) is 0 Å². The topological polar surface area (TPSA) is 0 Å². The Hall–Kier alpha value is -0.260. The molecule has 0 aromatic heterocycles. The molecule has 0 aliphatic heterocycles. The predicted octanol–water partition coefficient (Wildman–Crippen LogP) is 8.27. The predicted molar refractivity (Wildman–Crippen MR) is 98.1 cm³/mol. The van der Waals surface area contributed by atoms with Crippen LogP contribution in [0.3, 0.4) is 0 Å². The van der Waals surface area contributed by atoms with Crippen LogP contribution < -0.4 is 0 Å². The molecule has 0 heterocycles. The Morgan fingerprint density at radius 3 is 0.842 bits per heavy atom. The number of allylic oxidation sites excluding steroid dienone is 2. The van der Waals surface area contributed by atoms with E-state index in [1.54, 1.807) is 0 Å². The number of hydrogen-bond donors (Lipinski definition) is 0. The molecular formula is C19H46. The summed E-state index contributed by atoms with van der Waals surface area (Å²) in [5.74, 6) is 0. The molecule has 0 amide bonds. The van der Waals surface area contributed by atoms with Crippen LogP contribution in [0, 0.1) is 5.41 Å². The molecule has 0 N–H and O–H groups in total. The minimum atomic E-state index is 0. The van der Waals surface area contributed by atoms with Crippen molar-refractivity contribution in [1.82, 2.24) is 0 Å². The van der Waals surface area contributed by atoms with E-state index in [2.05, 4.69) is 83.1 Å². The van der Waals surface area contributed by atoms with Crippen molar-refractivity contribution in [2.24, 2.45) is 5.41 Å². The summed E-state index contributed by atoms with van der Waals surface area (Å²) < 4.78 is 0. The van der Waals surface area contributed by atoms with Crippen molar-refractivity contribution in [2.45, 2.75) is 110 Å². The molecule has 0 fully saturated rings. The van der Waals surface area contributed by atoms with Crippen LogP contribution in [0.5, 0.6) is 0 Å². The first-order chi connectivity index (χ1) is 8.01. The molecule has 0 aromatic carbocycles. The summed E-state index contributed by atoms with van der Waals surface area (Å²) in [5, 5.41) is 0. The Balaban J connectivity index is -0.0000000483. The molecule has 19 heavy (non-hydrogen) atoms. The second-order valence-corrected chi connectivity index (χ2v) is 6.55. The third kappa shape index (κ3) is 133. The Bertz CT molecular complexity index is 143. The van der Waals surface area contributed by atoms with E-state index in [0.29, 0.717) is 5.41 Å². The average Bonchev–Trinajstić information content (AvgIpc) is 2.16. The van der Waals surface area contributed by atoms with Gasteiger partial charge in [0, 0.05) is 0 Å². The minimum absolute atomic E-state index is 0. The maximum atomic E-state index is 2.19. The molecule has 0 bridgehead atoms. The molecule has 0 rings (SSSR count). The van der Waals surface area contributed by atoms with Gasteiger partial charge in [-0.25, -0.2) is 0 Å². The Morgan fingerprint density at radius 2 is 0.842 bits per heavy atom. The van der Waals surface area contributed by atoms with E-state index < -0.39 is 0 Å². The van der Waals surface area contributed by atoms with Crippen LogP contribution in [0.2, 0.25) is 0 Å². The lowest BCUT2D eigenvalue weighted by Gasteiger charge is -2.05. The highest BCUT2D eigenvalue weighted by atomic mass is 14.0. The Kier molecular flexibility index (Phi) is 37.6. The number of hydrogen-bond acceptors (Lipinski definition) is 0. The fourth-order valence-corrected chi connectivity index (χ4v) is 0.354. The van der Waals surface area contributed by atoms with Gasteiger partial charge in [0.15, 0.2) is 0 Å². The van der Waals surface area contributed by atoms with Crippen molar-refractivity contribution in [3.05, 3.63) is 11.1 Å². The van der Waals surface area contributed by atoms with Gasteiger partial charge >= 0.3 is 0 Å². The lowest BCUT2D eigenvalue weighted by atomic mass is 10.0. The molecule has 0 saturated carbocycles. The van der Waals surface area contributed by atoms with Crippen LogP contribution in [-0.4, -0.2) is 0 Å². The van der Waals surface area contributed by atoms with E-state index in [4.69, 9.17) is 0 Å². The second kappa shape index (κ2) is 22.9. The van der Waals surface area contributed by atoms with Gasteiger partial charge in [0.1, 0.15) is 0 Å². The smallest absolute Gasteiger partial charge is 0.0349 e. The zero-order valence-corrected chi connectivity index (χ0v) is 15.6. The van der Waals surface area contributed by atoms with Gasteiger partial charge in [-0.05, 0) is 32.6 Å². The molecule has 0 aromatic rings. The van der Waals surface area contributed by atoms with Crippen molar-refractivity contribution in [3.63, 3.8) is 0 Å². The van der Waals surface area contributed by atoms with Gasteiger partial charge in [-0.2, -0.15) is 0 Å². The van der Waals surface area contributed by atoms with E-state index in [1.165, 1.54) is 30.4 Å². The molecule has 0 heteroatoms. The van der Waals surface area contributed by atoms with Gasteiger partial charge in [-0.15, -0.1) is 0 Å². The van der Waals surface area contributed by atoms with E-state index in [1.807, 2.05) is 0 Å². The van der Waals surface area contributed by atoms with Crippen molar-refractivity contribution in [3.8, 4) is 0 Å². The van der Waals surface area contributed by atoms with E-state index in [0.717, 1.165) is 0 Å². The SMILES string of the molecule is C.CC(C)(C)C.CCC.CCC.CCC(C)=C(C)C. The standard InChI is InChI=1S/C7H14.C5H12.2C3H8.CH4/c1-5-7(4)6(2)3;1-5(2,3)4;2*1-3-2;/h5H2,1-4H3;1-4H3;2*3H2,1-2H3;1H4. The van der Waals surface area contributed by atoms with Crippen LogP contribution in [0.1, 0.15) is 110 Å². The molecule has 0 saturated heterocycles. The van der Waals surface area contributed by atoms with Crippen LogP contribution >= 0.6 is 0 Å². The van der Waals surface area contributed by atoms with Crippen LogP contribution in [0.25, 0.3) is 0 Å². The first kappa shape index (κ1) is 31.2. The normalized spacial score (nSPS) is 8.21. The molecule has 0 atom stereocenters. The molecule has 0 aliphatic rings. The third-order valence-electron chi connectivity index (χ3n) is 1.38. The van der Waals surface area contributed by atoms with E-state index in [9.17, 15) is 0 Å². The summed E-state index contributed by atoms with van der Waals surface area (Å²) in [7, 11) is 0. The molecular weight excluding hydrogens is 228 g/mol. The molecule has 0 nitrogen and oxygen atoms in total. The van der Waals surface area contributed by atoms with Gasteiger partial charge in [0.05, 0.1) is 0 Å². The van der Waals surface area contributed by atoms with Gasteiger partial charge in [-0.3, -0.25) is 0 Å². The molecule has 0 spiro atoms. The lowest BCUT2D eigenvalue weighted by Crippen LogP contribution is -1.93. The zero-order chi connectivity index (χ0) is 15.8. The van der Waals surface area contributed by atoms with Crippen LogP contribution in [0.4, 0.5) is 0 Å². The van der Waals surface area contributed by atoms with Crippen molar-refractivity contribution < 1.29 is 0 Å². The third-order valence-corrected chi connectivity index (χ3v) is 1.38. The minimum Gasteiger partial charge on any atom is -0.0776 e. The highest BCUT2D eigenvalue weighted by Gasteiger charge is 1.95. The first-order valence-corrected chi connectivity index (χ1v) is 7.64. The summed E-state index contributed by atoms with van der Waals surface area (Å²) in [6.45, 7) is 25.9. The first-order valence-electron chi connectivity index (χ1n) is 7.64. The molecule has 0 radical (unpaired) electrons. The van der Waals surface area contributed by atoms with Crippen molar-refractivity contribution >= 4 is 0 Å². The van der Waals surface area contributed by atoms with Gasteiger partial charge in [0.25, 0.3) is 0 Å². The quantitative estimate of drug-likeness (QED) is 0.422. The summed E-state index contributed by atoms with van der Waals surface area (Å²) in [6, 6.07) is 0. The highest BCUT2D eigenvalue weighted by Crippen LogP contribution is 2.08. The van der Waals surface area contributed by atoms with Crippen LogP contribution in [-0.2, 0) is 0 Å². The van der Waals surface area contributed by atoms with Crippen LogP contribution in [0.15, 0.2) is 11.1 Å². The molecule has 122 valence electrons. The number of rotatable bonds is 1. The summed E-state index contributed by atoms with van der Waals surface area (Å²) >= 11 is 0. The van der Waals surface area contributed by atoms with Gasteiger partial charge in [0.2, 0.25) is 0 Å². The monoisotopic (exact) mass is 274 g/mol. The maximum absolute atomic E-state index is 2.19. The van der Waals surface area contributed by atoms with E-state index >= 15 is 0 Å². The fourth-order valence-electron chi connectivity index (χ4n) is 0.354. The van der Waals surface area contributed by atoms with E-state index in [-0.39, 0.29) is 7.43 Å².